The summed E-state index contributed by atoms with van der Waals surface area (Å²) in [7, 11) is 0. The summed E-state index contributed by atoms with van der Waals surface area (Å²) < 4.78 is 58.8. The molecule has 2 fully saturated rings. The second-order valence-electron chi connectivity index (χ2n) is 10.6. The summed E-state index contributed by atoms with van der Waals surface area (Å²) in [6.07, 6.45) is 0.968. The van der Waals surface area contributed by atoms with E-state index in [0.29, 0.717) is 24.0 Å². The molecule has 216 valence electrons. The minimum atomic E-state index is -4.26. The van der Waals surface area contributed by atoms with E-state index in [1.807, 2.05) is 0 Å². The van der Waals surface area contributed by atoms with Crippen LogP contribution in [0.3, 0.4) is 0 Å². The van der Waals surface area contributed by atoms with Gasteiger partial charge < -0.3 is 19.9 Å². The first-order valence-electron chi connectivity index (χ1n) is 13.3. The predicted molar refractivity (Wildman–Crippen MR) is 144 cm³/mol. The summed E-state index contributed by atoms with van der Waals surface area (Å²) >= 11 is 6.48. The molecule has 0 aliphatic carbocycles. The van der Waals surface area contributed by atoms with E-state index in [-0.39, 0.29) is 47.3 Å². The maximum Gasteiger partial charge on any atom is 0.401 e. The summed E-state index contributed by atoms with van der Waals surface area (Å²) in [4.78, 5) is 34.9. The van der Waals surface area contributed by atoms with Crippen molar-refractivity contribution in [2.75, 3.05) is 25.0 Å². The van der Waals surface area contributed by atoms with Crippen LogP contribution in [0.15, 0.2) is 47.5 Å². The first kappa shape index (κ1) is 27.5. The van der Waals surface area contributed by atoms with E-state index in [2.05, 4.69) is 15.3 Å². The van der Waals surface area contributed by atoms with Gasteiger partial charge in [0.15, 0.2) is 0 Å². The van der Waals surface area contributed by atoms with Gasteiger partial charge in [-0.1, -0.05) is 11.6 Å². The first-order valence-corrected chi connectivity index (χ1v) is 13.6. The monoisotopic (exact) mass is 591 g/mol. The number of halogens is 5. The van der Waals surface area contributed by atoms with Crippen molar-refractivity contribution in [3.8, 4) is 17.0 Å². The van der Waals surface area contributed by atoms with Crippen molar-refractivity contribution in [1.82, 2.24) is 19.8 Å². The van der Waals surface area contributed by atoms with E-state index in [4.69, 9.17) is 16.3 Å². The molecular weight excluding hydrogens is 566 g/mol. The molecule has 3 aliphatic rings. The number of hydrogen-bond acceptors (Lipinski definition) is 5. The number of anilines is 1. The number of carbonyl (C=O) groups is 1. The van der Waals surface area contributed by atoms with Crippen molar-refractivity contribution in [3.63, 3.8) is 0 Å². The molecule has 1 aromatic carbocycles. The van der Waals surface area contributed by atoms with Crippen molar-refractivity contribution in [2.45, 2.75) is 50.0 Å². The molecule has 0 saturated carbocycles. The van der Waals surface area contributed by atoms with Crippen LogP contribution in [0.2, 0.25) is 5.02 Å². The Bertz CT molecular complexity index is 1530. The average Bonchev–Trinajstić information content (AvgIpc) is 3.47. The largest absolute Gasteiger partial charge is 0.473 e. The highest BCUT2D eigenvalue weighted by Gasteiger charge is 2.43. The number of H-pyrrole nitrogens is 1. The lowest BCUT2D eigenvalue weighted by Crippen LogP contribution is -2.44. The number of aromatic amines is 1. The minimum Gasteiger partial charge on any atom is -0.473 e. The number of rotatable bonds is 5. The highest BCUT2D eigenvalue weighted by Crippen LogP contribution is 2.43. The number of fused-ring (bicyclic) bond motifs is 4. The van der Waals surface area contributed by atoms with Crippen molar-refractivity contribution in [1.29, 1.82) is 0 Å². The number of benzene rings is 1. The van der Waals surface area contributed by atoms with Crippen LogP contribution < -0.4 is 15.6 Å². The van der Waals surface area contributed by atoms with Crippen LogP contribution in [0.25, 0.3) is 11.1 Å². The van der Waals surface area contributed by atoms with Crippen LogP contribution >= 0.6 is 11.6 Å². The SMILES string of the molecule is O=C(Nc1cc(Cl)c(-c2ccc(O[C@H]3CCN(CC(F)(F)F)C3)nc2)cc1F)N1C2CC[C@@H]1c1c[nH]c(=O)cc1C2. The highest BCUT2D eigenvalue weighted by atomic mass is 35.5. The van der Waals surface area contributed by atoms with E-state index in [0.717, 1.165) is 24.0 Å². The molecule has 2 aromatic heterocycles. The highest BCUT2D eigenvalue weighted by molar-refractivity contribution is 6.33. The van der Waals surface area contributed by atoms with Crippen LogP contribution in [0, 0.1) is 5.82 Å². The zero-order chi connectivity index (χ0) is 28.9. The number of hydrogen-bond donors (Lipinski definition) is 2. The van der Waals surface area contributed by atoms with Crippen LogP contribution in [0.5, 0.6) is 5.88 Å². The molecule has 0 spiro atoms. The zero-order valence-corrected chi connectivity index (χ0v) is 22.4. The molecular formula is C28H26ClF4N5O3. The van der Waals surface area contributed by atoms with Crippen LogP contribution in [0.4, 0.5) is 28.0 Å². The number of pyridine rings is 2. The third-order valence-corrected chi connectivity index (χ3v) is 8.18. The molecule has 3 aliphatic heterocycles. The summed E-state index contributed by atoms with van der Waals surface area (Å²) in [6.45, 7) is -0.541. The Balaban J connectivity index is 1.12. The topological polar surface area (TPSA) is 90.6 Å². The molecule has 1 unspecified atom stereocenters. The minimum absolute atomic E-state index is 0.0621. The number of nitrogens with one attached hydrogen (secondary N) is 2. The van der Waals surface area contributed by atoms with E-state index in [9.17, 15) is 22.8 Å². The normalized spacial score (nSPS) is 22.1. The summed E-state index contributed by atoms with van der Waals surface area (Å²) in [6, 6.07) is 6.59. The summed E-state index contributed by atoms with van der Waals surface area (Å²) in [5, 5.41) is 2.85. The number of nitrogens with zero attached hydrogens (tertiary/aromatic N) is 3. The lowest BCUT2D eigenvalue weighted by molar-refractivity contribution is -0.144. The molecule has 41 heavy (non-hydrogen) atoms. The third-order valence-electron chi connectivity index (χ3n) is 7.86. The van der Waals surface area contributed by atoms with Gasteiger partial charge in [0, 0.05) is 54.8 Å². The Kier molecular flexibility index (Phi) is 7.14. The van der Waals surface area contributed by atoms with Crippen molar-refractivity contribution < 1.29 is 27.1 Å². The number of carbonyl (C=O) groups excluding carboxylic acids is 1. The van der Waals surface area contributed by atoms with Gasteiger partial charge in [-0.15, -0.1) is 0 Å². The van der Waals surface area contributed by atoms with Gasteiger partial charge >= 0.3 is 12.2 Å². The number of aromatic nitrogens is 2. The predicted octanol–water partition coefficient (Wildman–Crippen LogP) is 5.54. The molecule has 8 nitrogen and oxygen atoms in total. The molecule has 3 aromatic rings. The zero-order valence-electron chi connectivity index (χ0n) is 21.7. The van der Waals surface area contributed by atoms with Crippen LogP contribution in [-0.2, 0) is 6.42 Å². The second kappa shape index (κ2) is 10.6. The van der Waals surface area contributed by atoms with E-state index in [1.54, 1.807) is 29.3 Å². The number of alkyl halides is 3. The number of urea groups is 1. The van der Waals surface area contributed by atoms with E-state index >= 15 is 4.39 Å². The second-order valence-corrected chi connectivity index (χ2v) is 11.0. The van der Waals surface area contributed by atoms with Gasteiger partial charge in [0.05, 0.1) is 23.3 Å². The molecule has 2 N–H and O–H groups in total. The molecule has 2 bridgehead atoms. The van der Waals surface area contributed by atoms with Gasteiger partial charge in [-0.25, -0.2) is 14.2 Å². The molecule has 13 heteroatoms. The molecule has 3 atom stereocenters. The van der Waals surface area contributed by atoms with E-state index in [1.165, 1.54) is 23.2 Å². The van der Waals surface area contributed by atoms with Crippen molar-refractivity contribution >= 4 is 23.3 Å². The quantitative estimate of drug-likeness (QED) is 0.380. The average molecular weight is 592 g/mol. The Labute approximate surface area is 237 Å². The van der Waals surface area contributed by atoms with Crippen LogP contribution in [0.1, 0.15) is 36.4 Å². The van der Waals surface area contributed by atoms with Gasteiger partial charge in [-0.2, -0.15) is 13.2 Å². The van der Waals surface area contributed by atoms with Gasteiger partial charge in [0.1, 0.15) is 11.9 Å². The first-order chi connectivity index (χ1) is 19.5. The Morgan fingerprint density at radius 1 is 1.20 bits per heavy atom. The number of likely N-dealkylation sites (tertiary alicyclic amines) is 1. The van der Waals surface area contributed by atoms with Crippen molar-refractivity contribution in [2.24, 2.45) is 0 Å². The molecule has 0 radical (unpaired) electrons. The number of amides is 2. The number of ether oxygens (including phenoxy) is 1. The maximum atomic E-state index is 15.2. The molecule has 5 heterocycles. The van der Waals surface area contributed by atoms with Gasteiger partial charge in [-0.05, 0) is 55.0 Å². The lowest BCUT2D eigenvalue weighted by atomic mass is 9.95. The fraction of sp³-hybridized carbons (Fsp3) is 0.393. The van der Waals surface area contributed by atoms with Gasteiger partial charge in [-0.3, -0.25) is 9.69 Å². The standard InChI is InChI=1S/C28H26ClF4N5O3/c29-21-10-23(36-27(40)38-17-2-3-24(38)20-12-34-25(39)8-16(20)7-17)22(30)9-19(21)15-1-4-26(35-11-15)41-18-5-6-37(13-18)14-28(31,32)33/h1,4,8-12,17-18,24H,2-3,5-7,13-14H2,(H,34,39)(H,36,40)/t17?,18-,24+/m0/s1. The van der Waals surface area contributed by atoms with E-state index < -0.39 is 30.7 Å². The summed E-state index contributed by atoms with van der Waals surface area (Å²) in [5.41, 5.74) is 2.45. The molecule has 6 rings (SSSR count). The Morgan fingerprint density at radius 3 is 2.78 bits per heavy atom. The maximum absolute atomic E-state index is 15.2. The smallest absolute Gasteiger partial charge is 0.401 e. The lowest BCUT2D eigenvalue weighted by Gasteiger charge is -2.36. The van der Waals surface area contributed by atoms with Gasteiger partial charge in [0.2, 0.25) is 11.4 Å². The molecule has 2 amide bonds. The third kappa shape index (κ3) is 5.76. The van der Waals surface area contributed by atoms with Crippen molar-refractivity contribution in [3.05, 3.63) is 75.0 Å². The van der Waals surface area contributed by atoms with Crippen LogP contribution in [-0.4, -0.2) is 63.8 Å². The van der Waals surface area contributed by atoms with Gasteiger partial charge in [0.25, 0.3) is 0 Å². The Morgan fingerprint density at radius 2 is 2.02 bits per heavy atom. The molecule has 2 saturated heterocycles. The fourth-order valence-corrected chi connectivity index (χ4v) is 6.35. The fourth-order valence-electron chi connectivity index (χ4n) is 6.08. The summed E-state index contributed by atoms with van der Waals surface area (Å²) in [5.74, 6) is -0.433. The Hall–Kier alpha value is -3.64.